The van der Waals surface area contributed by atoms with Crippen LogP contribution in [-0.4, -0.2) is 64.1 Å². The predicted octanol–water partition coefficient (Wildman–Crippen LogP) is 5.21. The minimum atomic E-state index is -0.475. The molecule has 2 fully saturated rings. The van der Waals surface area contributed by atoms with Crippen LogP contribution in [0.5, 0.6) is 0 Å². The van der Waals surface area contributed by atoms with Crippen molar-refractivity contribution in [3.63, 3.8) is 0 Å². The first kappa shape index (κ1) is 25.9. The second-order valence-electron chi connectivity index (χ2n) is 9.79. The van der Waals surface area contributed by atoms with Gasteiger partial charge in [0.1, 0.15) is 12.4 Å². The topological polar surface area (TPSA) is 65.9 Å². The minimum absolute atomic E-state index is 0.238. The van der Waals surface area contributed by atoms with Crippen molar-refractivity contribution >= 4 is 51.5 Å². The fraction of sp³-hybridized carbons (Fsp3) is 0.194. The number of thioether (sulfide) groups is 1. The molecule has 2 saturated heterocycles. The lowest BCUT2D eigenvalue weighted by Gasteiger charge is -2.36. The number of carbonyl (C=O) groups is 3. The van der Waals surface area contributed by atoms with Crippen LogP contribution in [0.15, 0.2) is 90.0 Å². The van der Waals surface area contributed by atoms with Crippen molar-refractivity contribution < 1.29 is 18.8 Å². The van der Waals surface area contributed by atoms with Gasteiger partial charge in [-0.2, -0.15) is 0 Å². The molecule has 4 aromatic rings. The summed E-state index contributed by atoms with van der Waals surface area (Å²) < 4.78 is 16.3. The molecule has 202 valence electrons. The molecule has 0 unspecified atom stereocenters. The summed E-state index contributed by atoms with van der Waals surface area (Å²) in [5.41, 5.74) is 3.31. The summed E-state index contributed by atoms with van der Waals surface area (Å²) in [6, 6.07) is 24.3. The Hall–Kier alpha value is -4.37. The zero-order chi connectivity index (χ0) is 27.6. The molecular weight excluding hydrogens is 527 g/mol. The molecule has 1 aromatic heterocycles. The molecule has 0 bridgehead atoms. The molecule has 6 rings (SSSR count). The molecule has 2 aliphatic rings. The van der Waals surface area contributed by atoms with Gasteiger partial charge in [0, 0.05) is 60.1 Å². The fourth-order valence-electron chi connectivity index (χ4n) is 5.20. The summed E-state index contributed by atoms with van der Waals surface area (Å²) in [6.45, 7) is 2.49. The van der Waals surface area contributed by atoms with Crippen molar-refractivity contribution in [3.8, 4) is 0 Å². The number of hydrogen-bond donors (Lipinski definition) is 0. The van der Waals surface area contributed by atoms with Gasteiger partial charge in [0.25, 0.3) is 11.1 Å². The van der Waals surface area contributed by atoms with E-state index >= 15 is 0 Å². The first-order valence-corrected chi connectivity index (χ1v) is 13.9. The maximum Gasteiger partial charge on any atom is 0.294 e. The molecule has 0 aliphatic carbocycles. The average molecular weight is 555 g/mol. The Balaban J connectivity index is 1.16. The van der Waals surface area contributed by atoms with Crippen molar-refractivity contribution in [1.82, 2.24) is 14.4 Å². The molecule has 0 N–H and O–H groups in total. The Bertz CT molecular complexity index is 1630. The van der Waals surface area contributed by atoms with Crippen LogP contribution in [-0.2, 0) is 16.1 Å². The Morgan fingerprint density at radius 3 is 2.35 bits per heavy atom. The van der Waals surface area contributed by atoms with Gasteiger partial charge in [-0.05, 0) is 42.1 Å². The third kappa shape index (κ3) is 5.12. The van der Waals surface area contributed by atoms with Gasteiger partial charge in [0.2, 0.25) is 5.91 Å². The molecule has 0 atom stereocenters. The Morgan fingerprint density at radius 2 is 1.57 bits per heavy atom. The van der Waals surface area contributed by atoms with Crippen molar-refractivity contribution in [2.45, 2.75) is 6.54 Å². The molecular formula is C31H27FN4O3S. The van der Waals surface area contributed by atoms with E-state index in [1.54, 1.807) is 29.2 Å². The van der Waals surface area contributed by atoms with Gasteiger partial charge >= 0.3 is 0 Å². The van der Waals surface area contributed by atoms with E-state index in [2.05, 4.69) is 4.90 Å². The van der Waals surface area contributed by atoms with E-state index in [-0.39, 0.29) is 23.2 Å². The Kier molecular flexibility index (Phi) is 7.13. The molecule has 3 amide bonds. The normalized spacial score (nSPS) is 16.9. The molecule has 40 heavy (non-hydrogen) atoms. The van der Waals surface area contributed by atoms with Gasteiger partial charge in [-0.25, -0.2) is 4.39 Å². The third-order valence-corrected chi connectivity index (χ3v) is 8.23. The molecule has 0 spiro atoms. The van der Waals surface area contributed by atoms with Gasteiger partial charge in [-0.15, -0.1) is 0 Å². The van der Waals surface area contributed by atoms with Crippen LogP contribution in [0.4, 0.5) is 14.9 Å². The Morgan fingerprint density at radius 1 is 0.875 bits per heavy atom. The lowest BCUT2D eigenvalue weighted by Crippen LogP contribution is -2.51. The largest absolute Gasteiger partial charge is 0.368 e. The molecule has 9 heteroatoms. The van der Waals surface area contributed by atoms with Crippen molar-refractivity contribution in [1.29, 1.82) is 0 Å². The van der Waals surface area contributed by atoms with E-state index in [9.17, 15) is 18.8 Å². The summed E-state index contributed by atoms with van der Waals surface area (Å²) in [6.07, 6.45) is 3.55. The number of benzene rings is 3. The lowest BCUT2D eigenvalue weighted by molar-refractivity contribution is -0.136. The quantitative estimate of drug-likeness (QED) is 0.306. The number of aromatic nitrogens is 1. The highest BCUT2D eigenvalue weighted by Gasteiger charge is 2.37. The monoisotopic (exact) mass is 554 g/mol. The lowest BCUT2D eigenvalue weighted by atomic mass is 10.1. The second kappa shape index (κ2) is 11.0. The number of hydrogen-bond acceptors (Lipinski definition) is 5. The van der Waals surface area contributed by atoms with Gasteiger partial charge in [0.15, 0.2) is 0 Å². The number of amides is 3. The van der Waals surface area contributed by atoms with Gasteiger partial charge < -0.3 is 14.4 Å². The number of rotatable bonds is 6. The van der Waals surface area contributed by atoms with Crippen LogP contribution in [0.3, 0.4) is 0 Å². The van der Waals surface area contributed by atoms with Crippen molar-refractivity contribution in [2.75, 3.05) is 37.6 Å². The number of anilines is 1. The number of halogens is 1. The number of para-hydroxylation sites is 2. The highest BCUT2D eigenvalue weighted by atomic mass is 32.2. The number of carbonyl (C=O) groups excluding carboxylic acids is 3. The van der Waals surface area contributed by atoms with Crippen molar-refractivity contribution in [3.05, 3.63) is 107 Å². The molecule has 3 aromatic carbocycles. The summed E-state index contributed by atoms with van der Waals surface area (Å²) in [4.78, 5) is 44.3. The van der Waals surface area contributed by atoms with Gasteiger partial charge in [-0.3, -0.25) is 19.3 Å². The molecule has 7 nitrogen and oxygen atoms in total. The first-order valence-electron chi connectivity index (χ1n) is 13.1. The Labute approximate surface area is 235 Å². The molecule has 3 heterocycles. The van der Waals surface area contributed by atoms with Gasteiger partial charge in [0.05, 0.1) is 11.4 Å². The number of nitrogens with zero attached hydrogens (tertiary/aromatic N) is 4. The number of piperazine rings is 1. The third-order valence-electron chi connectivity index (χ3n) is 7.33. The zero-order valence-electron chi connectivity index (χ0n) is 21.7. The standard InChI is InChI=1S/C31H27FN4O3S/c32-26-12-6-4-8-22(26)19-35-20-23(25-11-5-7-13-27(25)35)18-28-30(38)36(31(39)40-28)21-29(37)34-16-14-33(15-17-34)24-9-2-1-3-10-24/h1-13,18,20H,14-17,19,21H2/b28-18+. The average Bonchev–Trinajstić information content (AvgIpc) is 3.46. The van der Waals surface area contributed by atoms with Crippen LogP contribution in [0.25, 0.3) is 17.0 Å². The van der Waals surface area contributed by atoms with E-state index in [1.807, 2.05) is 65.4 Å². The van der Waals surface area contributed by atoms with Crippen LogP contribution in [0, 0.1) is 5.82 Å². The summed E-state index contributed by atoms with van der Waals surface area (Å²) in [7, 11) is 0. The zero-order valence-corrected chi connectivity index (χ0v) is 22.5. The molecule has 0 saturated carbocycles. The summed E-state index contributed by atoms with van der Waals surface area (Å²) in [5, 5.41) is 0.431. The van der Waals surface area contributed by atoms with Crippen LogP contribution < -0.4 is 4.90 Å². The van der Waals surface area contributed by atoms with Gasteiger partial charge in [-0.1, -0.05) is 54.6 Å². The van der Waals surface area contributed by atoms with E-state index in [0.29, 0.717) is 38.3 Å². The SMILES string of the molecule is O=C(CN1C(=O)S/C(=C/c2cn(Cc3ccccc3F)c3ccccc23)C1=O)N1CCN(c2ccccc2)CC1. The second-order valence-corrected chi connectivity index (χ2v) is 10.8. The summed E-state index contributed by atoms with van der Waals surface area (Å²) >= 11 is 0.837. The predicted molar refractivity (Wildman–Crippen MR) is 155 cm³/mol. The summed E-state index contributed by atoms with van der Waals surface area (Å²) in [5.74, 6) is -0.996. The fourth-order valence-corrected chi connectivity index (χ4v) is 6.03. The maximum atomic E-state index is 14.3. The number of fused-ring (bicyclic) bond motifs is 1. The van der Waals surface area contributed by atoms with Crippen LogP contribution in [0.2, 0.25) is 0 Å². The molecule has 2 aliphatic heterocycles. The highest BCUT2D eigenvalue weighted by molar-refractivity contribution is 8.18. The van der Waals surface area contributed by atoms with Crippen molar-refractivity contribution in [2.24, 2.45) is 0 Å². The van der Waals surface area contributed by atoms with E-state index < -0.39 is 11.1 Å². The smallest absolute Gasteiger partial charge is 0.294 e. The van der Waals surface area contributed by atoms with E-state index in [1.165, 1.54) is 6.07 Å². The van der Waals surface area contributed by atoms with Crippen LogP contribution in [0.1, 0.15) is 11.1 Å². The molecule has 0 radical (unpaired) electrons. The van der Waals surface area contributed by atoms with Crippen LogP contribution >= 0.6 is 11.8 Å². The minimum Gasteiger partial charge on any atom is -0.368 e. The van der Waals surface area contributed by atoms with E-state index in [0.717, 1.165) is 38.8 Å². The maximum absolute atomic E-state index is 14.3. The number of imide groups is 1. The van der Waals surface area contributed by atoms with E-state index in [4.69, 9.17) is 0 Å². The first-order chi connectivity index (χ1) is 19.5. The highest BCUT2D eigenvalue weighted by Crippen LogP contribution is 2.34.